The first-order chi connectivity index (χ1) is 18.5. The second kappa shape index (κ2) is 9.57. The molecule has 1 aliphatic carbocycles. The number of fused-ring (bicyclic) bond motifs is 1. The lowest BCUT2D eigenvalue weighted by molar-refractivity contribution is -0.119. The lowest BCUT2D eigenvalue weighted by Gasteiger charge is -2.35. The minimum absolute atomic E-state index is 0.0100. The van der Waals surface area contributed by atoms with Gasteiger partial charge in [0.25, 0.3) is 0 Å². The average Bonchev–Trinajstić information content (AvgIpc) is 2.97. The largest absolute Gasteiger partial charge is 0.422 e. The van der Waals surface area contributed by atoms with Crippen LogP contribution in [0.15, 0.2) is 130 Å². The summed E-state index contributed by atoms with van der Waals surface area (Å²) in [4.78, 5) is 40.7. The number of para-hydroxylation sites is 1. The average molecular weight is 535 g/mol. The Balaban J connectivity index is 1.65. The van der Waals surface area contributed by atoms with Gasteiger partial charge in [-0.15, -0.1) is 0 Å². The van der Waals surface area contributed by atoms with Gasteiger partial charge in [0, 0.05) is 5.39 Å². The molecule has 0 unspecified atom stereocenters. The Bertz CT molecular complexity index is 1750. The minimum Gasteiger partial charge on any atom is -0.422 e. The van der Waals surface area contributed by atoms with Crippen molar-refractivity contribution in [2.45, 2.75) is 0 Å². The third-order valence-electron chi connectivity index (χ3n) is 6.76. The SMILES string of the molecule is O=C1C(=Cc2c(Cl)c3ccccc3oc2=O)C(=O)C1=P(c1ccccc1)(c1ccccc1)c1ccccc1. The van der Waals surface area contributed by atoms with Gasteiger partial charge in [0.1, 0.15) is 5.58 Å². The first-order valence-corrected chi connectivity index (χ1v) is 14.2. The molecule has 1 heterocycles. The zero-order valence-corrected chi connectivity index (χ0v) is 21.7. The third-order valence-corrected chi connectivity index (χ3v) is 11.5. The Hall–Kier alpha value is -4.24. The minimum atomic E-state index is -2.83. The molecule has 1 aromatic heterocycles. The molecule has 5 aromatic rings. The second-order valence-corrected chi connectivity index (χ2v) is 12.6. The highest BCUT2D eigenvalue weighted by Crippen LogP contribution is 2.49. The number of halogens is 1. The van der Waals surface area contributed by atoms with Crippen molar-refractivity contribution in [3.63, 3.8) is 0 Å². The van der Waals surface area contributed by atoms with E-state index in [0.29, 0.717) is 11.0 Å². The van der Waals surface area contributed by atoms with Gasteiger partial charge in [-0.25, -0.2) is 4.79 Å². The zero-order chi connectivity index (χ0) is 26.3. The molecule has 184 valence electrons. The summed E-state index contributed by atoms with van der Waals surface area (Å²) >= 11 is 6.55. The molecule has 1 aliphatic rings. The normalized spacial score (nSPS) is 13.5. The standard InChI is InChI=1S/C32H20ClO4P/c33-28-24-18-10-11-19-27(24)37-32(36)25(28)20-26-29(34)31(30(26)35)38(21-12-4-1-5-13-21,22-14-6-2-7-15-22)23-16-8-3-9-17-23/h1-20H. The third kappa shape index (κ3) is 3.65. The highest BCUT2D eigenvalue weighted by Gasteiger charge is 2.47. The maximum absolute atomic E-state index is 14.0. The summed E-state index contributed by atoms with van der Waals surface area (Å²) in [6.45, 7) is -2.83. The van der Waals surface area contributed by atoms with E-state index in [-0.39, 0.29) is 33.0 Å². The Morgan fingerprint density at radius 2 is 1.05 bits per heavy atom. The summed E-state index contributed by atoms with van der Waals surface area (Å²) in [6, 6.07) is 35.9. The number of hydrogen-bond acceptors (Lipinski definition) is 4. The first kappa shape index (κ1) is 24.1. The van der Waals surface area contributed by atoms with Crippen LogP contribution in [0.4, 0.5) is 0 Å². The number of Topliss-reactive ketones (excluding diaryl/α,β-unsaturated/α-hetero) is 2. The van der Waals surface area contributed by atoms with Crippen LogP contribution >= 0.6 is 18.5 Å². The lowest BCUT2D eigenvalue weighted by Crippen LogP contribution is -2.47. The predicted octanol–water partition coefficient (Wildman–Crippen LogP) is 5.15. The van der Waals surface area contributed by atoms with Gasteiger partial charge in [-0.1, -0.05) is 115 Å². The quantitative estimate of drug-likeness (QED) is 0.138. The maximum atomic E-state index is 14.0. The molecule has 0 radical (unpaired) electrons. The van der Waals surface area contributed by atoms with Crippen LogP contribution in [0.3, 0.4) is 0 Å². The molecule has 0 amide bonds. The molecule has 1 fully saturated rings. The van der Waals surface area contributed by atoms with Gasteiger partial charge in [0.05, 0.1) is 21.5 Å². The van der Waals surface area contributed by atoms with Crippen molar-refractivity contribution in [2.75, 3.05) is 0 Å². The van der Waals surface area contributed by atoms with Gasteiger partial charge in [-0.2, -0.15) is 0 Å². The Morgan fingerprint density at radius 1 is 0.605 bits per heavy atom. The Kier molecular flexibility index (Phi) is 6.07. The van der Waals surface area contributed by atoms with E-state index in [4.69, 9.17) is 16.0 Å². The van der Waals surface area contributed by atoms with Crippen LogP contribution in [0.25, 0.3) is 17.0 Å². The molecule has 0 atom stereocenters. The van der Waals surface area contributed by atoms with Gasteiger partial charge in [-0.05, 0) is 41.0 Å². The van der Waals surface area contributed by atoms with Gasteiger partial charge in [0.2, 0.25) is 11.6 Å². The van der Waals surface area contributed by atoms with Crippen molar-refractivity contribution in [2.24, 2.45) is 0 Å². The number of benzene rings is 4. The maximum Gasteiger partial charge on any atom is 0.345 e. The summed E-state index contributed by atoms with van der Waals surface area (Å²) < 4.78 is 5.41. The molecule has 4 nitrogen and oxygen atoms in total. The highest BCUT2D eigenvalue weighted by molar-refractivity contribution is 7.98. The van der Waals surface area contributed by atoms with Gasteiger partial charge in [-0.3, -0.25) is 9.59 Å². The Morgan fingerprint density at radius 3 is 1.55 bits per heavy atom. The van der Waals surface area contributed by atoms with E-state index >= 15 is 0 Å². The van der Waals surface area contributed by atoms with Crippen LogP contribution in [-0.4, -0.2) is 16.9 Å². The Labute approximate surface area is 223 Å². The zero-order valence-electron chi connectivity index (χ0n) is 20.0. The first-order valence-electron chi connectivity index (χ1n) is 12.0. The molecule has 1 saturated carbocycles. The smallest absolute Gasteiger partial charge is 0.345 e. The highest BCUT2D eigenvalue weighted by atomic mass is 35.5. The molecule has 38 heavy (non-hydrogen) atoms. The van der Waals surface area contributed by atoms with E-state index in [0.717, 1.165) is 15.9 Å². The monoisotopic (exact) mass is 534 g/mol. The van der Waals surface area contributed by atoms with E-state index in [9.17, 15) is 14.4 Å². The molecule has 0 N–H and O–H groups in total. The summed E-state index contributed by atoms with van der Waals surface area (Å²) in [6.07, 6.45) is 1.28. The summed E-state index contributed by atoms with van der Waals surface area (Å²) in [5, 5.41) is 3.61. The molecule has 0 saturated heterocycles. The molecule has 6 rings (SSSR count). The molecule has 6 heteroatoms. The molecule has 0 bridgehead atoms. The van der Waals surface area contributed by atoms with Gasteiger partial charge < -0.3 is 4.42 Å². The molecular weight excluding hydrogens is 515 g/mol. The van der Waals surface area contributed by atoms with Crippen molar-refractivity contribution >= 4 is 68.3 Å². The van der Waals surface area contributed by atoms with Crippen molar-refractivity contribution in [1.29, 1.82) is 0 Å². The van der Waals surface area contributed by atoms with Crippen LogP contribution < -0.4 is 21.5 Å². The van der Waals surface area contributed by atoms with Crippen molar-refractivity contribution in [1.82, 2.24) is 0 Å². The molecule has 4 aromatic carbocycles. The molecule has 0 aliphatic heterocycles. The van der Waals surface area contributed by atoms with Gasteiger partial charge >= 0.3 is 5.63 Å². The summed E-state index contributed by atoms with van der Waals surface area (Å²) in [5.74, 6) is -0.771. The number of allylic oxidation sites excluding steroid dienone is 1. The van der Waals surface area contributed by atoms with E-state index in [1.54, 1.807) is 24.3 Å². The van der Waals surface area contributed by atoms with Crippen LogP contribution in [0, 0.1) is 0 Å². The number of ketones is 2. The molecule has 0 spiro atoms. The molecular formula is C32H20ClO4P. The van der Waals surface area contributed by atoms with Gasteiger partial charge in [0.15, 0.2) is 0 Å². The van der Waals surface area contributed by atoms with Crippen molar-refractivity contribution in [3.8, 4) is 0 Å². The number of rotatable bonds is 4. The number of hydrogen-bond donors (Lipinski definition) is 0. The summed E-state index contributed by atoms with van der Waals surface area (Å²) in [5.41, 5.74) is -0.448. The fraction of sp³-hybridized carbons (Fsp3) is 0. The van der Waals surface area contributed by atoms with Crippen LogP contribution in [0.1, 0.15) is 5.56 Å². The summed E-state index contributed by atoms with van der Waals surface area (Å²) in [7, 11) is 0. The number of carbonyl (C=O) groups is 2. The van der Waals surface area contributed by atoms with Crippen molar-refractivity contribution in [3.05, 3.63) is 142 Å². The fourth-order valence-electron chi connectivity index (χ4n) is 5.02. The van der Waals surface area contributed by atoms with Crippen molar-refractivity contribution < 1.29 is 14.0 Å². The topological polar surface area (TPSA) is 64.3 Å². The van der Waals surface area contributed by atoms with E-state index < -0.39 is 12.5 Å². The lowest BCUT2D eigenvalue weighted by atomic mass is 9.87. The number of carbonyl (C=O) groups excluding carboxylic acids is 2. The second-order valence-electron chi connectivity index (χ2n) is 8.86. The van der Waals surface area contributed by atoms with Crippen LogP contribution in [-0.2, 0) is 9.59 Å². The van der Waals surface area contributed by atoms with Crippen LogP contribution in [0.2, 0.25) is 5.02 Å². The predicted molar refractivity (Wildman–Crippen MR) is 156 cm³/mol. The van der Waals surface area contributed by atoms with E-state index in [1.807, 2.05) is 91.0 Å². The van der Waals surface area contributed by atoms with E-state index in [1.165, 1.54) is 6.08 Å². The van der Waals surface area contributed by atoms with Crippen LogP contribution in [0.5, 0.6) is 0 Å². The fourth-order valence-corrected chi connectivity index (χ4v) is 9.68. The van der Waals surface area contributed by atoms with E-state index in [2.05, 4.69) is 0 Å².